The number of nitrogens with two attached hydrogens (primary N) is 1. The summed E-state index contributed by atoms with van der Waals surface area (Å²) in [5, 5.41) is 9.93. The number of nitrogens with zero attached hydrogens (tertiary/aromatic N) is 3. The van der Waals surface area contributed by atoms with Crippen LogP contribution in [0.25, 0.3) is 0 Å². The SMILES string of the molecule is CN(c1ncc(N)cn1)C1CCCCC1O. The van der Waals surface area contributed by atoms with E-state index in [1.807, 2.05) is 11.9 Å². The molecule has 1 aliphatic carbocycles. The highest BCUT2D eigenvalue weighted by molar-refractivity contribution is 5.38. The van der Waals surface area contributed by atoms with E-state index in [1.54, 1.807) is 12.4 Å². The Balaban J connectivity index is 2.11. The lowest BCUT2D eigenvalue weighted by molar-refractivity contribution is 0.105. The van der Waals surface area contributed by atoms with Gasteiger partial charge in [-0.15, -0.1) is 0 Å². The lowest BCUT2D eigenvalue weighted by atomic mass is 9.92. The molecule has 1 aromatic heterocycles. The number of nitrogen functional groups attached to an aromatic ring is 1. The second-order valence-electron chi connectivity index (χ2n) is 4.35. The smallest absolute Gasteiger partial charge is 0.225 e. The standard InChI is InChI=1S/C11H18N4O/c1-15(9-4-2-3-5-10(9)16)11-13-6-8(12)7-14-11/h6-7,9-10,16H,2-5,12H2,1H3. The van der Waals surface area contributed by atoms with Gasteiger partial charge in [0.25, 0.3) is 0 Å². The van der Waals surface area contributed by atoms with E-state index in [0.717, 1.165) is 25.7 Å². The van der Waals surface area contributed by atoms with E-state index in [4.69, 9.17) is 5.73 Å². The van der Waals surface area contributed by atoms with Crippen LogP contribution < -0.4 is 10.6 Å². The molecule has 2 atom stereocenters. The molecule has 1 heterocycles. The van der Waals surface area contributed by atoms with Crippen molar-refractivity contribution in [2.24, 2.45) is 0 Å². The van der Waals surface area contributed by atoms with Crippen LogP contribution in [0.4, 0.5) is 11.6 Å². The van der Waals surface area contributed by atoms with Crippen molar-refractivity contribution >= 4 is 11.6 Å². The third-order valence-corrected chi connectivity index (χ3v) is 3.17. The number of hydrogen-bond acceptors (Lipinski definition) is 5. The van der Waals surface area contributed by atoms with E-state index in [1.165, 1.54) is 0 Å². The Kier molecular flexibility index (Phi) is 3.24. The maximum atomic E-state index is 9.93. The molecule has 5 nitrogen and oxygen atoms in total. The number of aliphatic hydroxyl groups excluding tert-OH is 1. The molecule has 16 heavy (non-hydrogen) atoms. The predicted molar refractivity (Wildman–Crippen MR) is 63.1 cm³/mol. The molecule has 0 saturated heterocycles. The van der Waals surface area contributed by atoms with Gasteiger partial charge < -0.3 is 15.7 Å². The van der Waals surface area contributed by atoms with E-state index >= 15 is 0 Å². The van der Waals surface area contributed by atoms with Gasteiger partial charge in [-0.25, -0.2) is 9.97 Å². The Labute approximate surface area is 95.3 Å². The van der Waals surface area contributed by atoms with Gasteiger partial charge >= 0.3 is 0 Å². The van der Waals surface area contributed by atoms with E-state index < -0.39 is 0 Å². The van der Waals surface area contributed by atoms with Gasteiger partial charge in [-0.1, -0.05) is 12.8 Å². The third-order valence-electron chi connectivity index (χ3n) is 3.17. The van der Waals surface area contributed by atoms with Crippen molar-refractivity contribution in [3.05, 3.63) is 12.4 Å². The van der Waals surface area contributed by atoms with Crippen LogP contribution in [0.2, 0.25) is 0 Å². The molecule has 88 valence electrons. The highest BCUT2D eigenvalue weighted by atomic mass is 16.3. The summed E-state index contributed by atoms with van der Waals surface area (Å²) in [5.74, 6) is 0.625. The molecule has 2 unspecified atom stereocenters. The fraction of sp³-hybridized carbons (Fsp3) is 0.636. The maximum Gasteiger partial charge on any atom is 0.225 e. The number of likely N-dealkylation sites (N-methyl/N-ethyl adjacent to an activating group) is 1. The van der Waals surface area contributed by atoms with Crippen LogP contribution >= 0.6 is 0 Å². The first-order valence-corrected chi connectivity index (χ1v) is 5.67. The van der Waals surface area contributed by atoms with Crippen molar-refractivity contribution in [3.63, 3.8) is 0 Å². The Hall–Kier alpha value is -1.36. The van der Waals surface area contributed by atoms with E-state index in [0.29, 0.717) is 11.6 Å². The second-order valence-corrected chi connectivity index (χ2v) is 4.35. The molecule has 1 saturated carbocycles. The average molecular weight is 222 g/mol. The van der Waals surface area contributed by atoms with Crippen LogP contribution in [-0.2, 0) is 0 Å². The fourth-order valence-electron chi connectivity index (χ4n) is 2.21. The first-order valence-electron chi connectivity index (χ1n) is 5.67. The second kappa shape index (κ2) is 4.65. The molecule has 0 amide bonds. The first kappa shape index (κ1) is 11.1. The molecule has 0 aromatic carbocycles. The van der Waals surface area contributed by atoms with Crippen LogP contribution in [0.5, 0.6) is 0 Å². The largest absolute Gasteiger partial charge is 0.396 e. The van der Waals surface area contributed by atoms with Gasteiger partial charge in [0.1, 0.15) is 0 Å². The Bertz CT molecular complexity index is 340. The number of hydrogen-bond donors (Lipinski definition) is 2. The highest BCUT2D eigenvalue weighted by Gasteiger charge is 2.27. The monoisotopic (exact) mass is 222 g/mol. The van der Waals surface area contributed by atoms with Gasteiger partial charge in [0.15, 0.2) is 0 Å². The van der Waals surface area contributed by atoms with Crippen LogP contribution in [0, 0.1) is 0 Å². The summed E-state index contributed by atoms with van der Waals surface area (Å²) < 4.78 is 0. The molecule has 5 heteroatoms. The highest BCUT2D eigenvalue weighted by Crippen LogP contribution is 2.24. The average Bonchev–Trinajstić information content (AvgIpc) is 2.30. The number of anilines is 2. The van der Waals surface area contributed by atoms with Gasteiger partial charge in [0, 0.05) is 7.05 Å². The molecule has 1 fully saturated rings. The molecule has 3 N–H and O–H groups in total. The number of aromatic nitrogens is 2. The van der Waals surface area contributed by atoms with Crippen LogP contribution in [0.1, 0.15) is 25.7 Å². The van der Waals surface area contributed by atoms with E-state index in [-0.39, 0.29) is 12.1 Å². The summed E-state index contributed by atoms with van der Waals surface area (Å²) in [5.41, 5.74) is 6.10. The zero-order valence-corrected chi connectivity index (χ0v) is 9.50. The van der Waals surface area contributed by atoms with Crippen LogP contribution in [-0.4, -0.2) is 34.3 Å². The zero-order chi connectivity index (χ0) is 11.5. The molecule has 0 bridgehead atoms. The van der Waals surface area contributed by atoms with E-state index in [9.17, 15) is 5.11 Å². The van der Waals surface area contributed by atoms with Gasteiger partial charge in [-0.05, 0) is 12.8 Å². The van der Waals surface area contributed by atoms with Crippen molar-refractivity contribution in [2.45, 2.75) is 37.8 Å². The molecule has 0 aliphatic heterocycles. The van der Waals surface area contributed by atoms with Crippen LogP contribution in [0.15, 0.2) is 12.4 Å². The topological polar surface area (TPSA) is 75.3 Å². The van der Waals surface area contributed by atoms with Gasteiger partial charge in [0.2, 0.25) is 5.95 Å². The van der Waals surface area contributed by atoms with E-state index in [2.05, 4.69) is 9.97 Å². The minimum absolute atomic E-state index is 0.123. The van der Waals surface area contributed by atoms with Crippen molar-refractivity contribution in [1.82, 2.24) is 9.97 Å². The summed E-state index contributed by atoms with van der Waals surface area (Å²) in [6.45, 7) is 0. The Morgan fingerprint density at radius 2 is 1.94 bits per heavy atom. The maximum absolute atomic E-state index is 9.93. The Morgan fingerprint density at radius 1 is 1.31 bits per heavy atom. The zero-order valence-electron chi connectivity index (χ0n) is 9.50. The summed E-state index contributed by atoms with van der Waals surface area (Å²) in [7, 11) is 1.92. The van der Waals surface area contributed by atoms with Crippen LogP contribution in [0.3, 0.4) is 0 Å². The normalized spacial score (nSPS) is 25.4. The fourth-order valence-corrected chi connectivity index (χ4v) is 2.21. The molecular formula is C11H18N4O. The molecule has 1 aromatic rings. The van der Waals surface area contributed by atoms with Crippen molar-refractivity contribution in [1.29, 1.82) is 0 Å². The quantitative estimate of drug-likeness (QED) is 0.774. The number of rotatable bonds is 2. The summed E-state index contributed by atoms with van der Waals surface area (Å²) >= 11 is 0. The molecule has 0 spiro atoms. The summed E-state index contributed by atoms with van der Waals surface area (Å²) in [6, 6.07) is 0.123. The predicted octanol–water partition coefficient (Wildman–Crippen LogP) is 0.798. The minimum Gasteiger partial charge on any atom is -0.396 e. The van der Waals surface area contributed by atoms with Gasteiger partial charge in [0.05, 0.1) is 30.2 Å². The summed E-state index contributed by atoms with van der Waals surface area (Å²) in [6.07, 6.45) is 7.02. The molecule has 2 rings (SSSR count). The summed E-state index contributed by atoms with van der Waals surface area (Å²) in [4.78, 5) is 10.3. The van der Waals surface area contributed by atoms with Gasteiger partial charge in [-0.3, -0.25) is 0 Å². The van der Waals surface area contributed by atoms with Crippen molar-refractivity contribution < 1.29 is 5.11 Å². The van der Waals surface area contributed by atoms with Crippen molar-refractivity contribution in [3.8, 4) is 0 Å². The lowest BCUT2D eigenvalue weighted by Gasteiger charge is -2.35. The molecule has 1 aliphatic rings. The third kappa shape index (κ3) is 2.24. The van der Waals surface area contributed by atoms with Crippen molar-refractivity contribution in [2.75, 3.05) is 17.7 Å². The lowest BCUT2D eigenvalue weighted by Crippen LogP contribution is -2.44. The first-order chi connectivity index (χ1) is 7.68. The number of aliphatic hydroxyl groups is 1. The minimum atomic E-state index is -0.278. The molecular weight excluding hydrogens is 204 g/mol. The Morgan fingerprint density at radius 3 is 2.56 bits per heavy atom. The van der Waals surface area contributed by atoms with Gasteiger partial charge in [-0.2, -0.15) is 0 Å². The molecule has 0 radical (unpaired) electrons.